The van der Waals surface area contributed by atoms with Gasteiger partial charge in [0.05, 0.1) is 10.8 Å². The van der Waals surface area contributed by atoms with Gasteiger partial charge in [0, 0.05) is 12.1 Å². The van der Waals surface area contributed by atoms with Crippen LogP contribution in [0.1, 0.15) is 29.8 Å². The topological polar surface area (TPSA) is 110 Å². The van der Waals surface area contributed by atoms with Crippen molar-refractivity contribution >= 4 is 17.6 Å². The van der Waals surface area contributed by atoms with Crippen molar-refractivity contribution in [1.82, 2.24) is 5.32 Å². The predicted octanol–water partition coefficient (Wildman–Crippen LogP) is 1.99. The first-order chi connectivity index (χ1) is 9.75. The van der Waals surface area contributed by atoms with Crippen molar-refractivity contribution in [2.24, 2.45) is 11.8 Å². The molecule has 1 rings (SSSR count). The number of rotatable bonds is 6. The third-order valence-corrected chi connectivity index (χ3v) is 3.27. The second-order valence-electron chi connectivity index (χ2n) is 5.13. The molecule has 1 unspecified atom stereocenters. The highest BCUT2D eigenvalue weighted by atomic mass is 16.6. The lowest BCUT2D eigenvalue weighted by Crippen LogP contribution is -2.35. The molecule has 1 amide bonds. The number of amides is 1. The number of hydrogen-bond acceptors (Lipinski definition) is 4. The number of nitro groups is 1. The Balaban J connectivity index is 2.93. The molecule has 1 aromatic rings. The van der Waals surface area contributed by atoms with Gasteiger partial charge >= 0.3 is 5.97 Å². The van der Waals surface area contributed by atoms with Crippen LogP contribution in [0.2, 0.25) is 0 Å². The van der Waals surface area contributed by atoms with Gasteiger partial charge in [-0.25, -0.2) is 0 Å². The van der Waals surface area contributed by atoms with E-state index in [2.05, 4.69) is 5.32 Å². The molecule has 0 saturated heterocycles. The summed E-state index contributed by atoms with van der Waals surface area (Å²) in [5.41, 5.74) is 0.0608. The van der Waals surface area contributed by atoms with Gasteiger partial charge in [0.1, 0.15) is 5.56 Å². The van der Waals surface area contributed by atoms with Gasteiger partial charge < -0.3 is 10.4 Å². The highest BCUT2D eigenvalue weighted by molar-refractivity contribution is 5.98. The number of benzene rings is 1. The van der Waals surface area contributed by atoms with Crippen molar-refractivity contribution in [1.29, 1.82) is 0 Å². The average Bonchev–Trinajstić information content (AvgIpc) is 2.36. The Bertz CT molecular complexity index is 568. The fourth-order valence-corrected chi connectivity index (χ4v) is 1.99. The van der Waals surface area contributed by atoms with Crippen molar-refractivity contribution < 1.29 is 19.6 Å². The highest BCUT2D eigenvalue weighted by Crippen LogP contribution is 2.23. The lowest BCUT2D eigenvalue weighted by Gasteiger charge is -2.16. The van der Waals surface area contributed by atoms with Gasteiger partial charge in [-0.1, -0.05) is 26.0 Å². The molecule has 0 aliphatic carbocycles. The SMILES string of the molecule is Cc1cccc(C(=O)NCC(C(=O)O)C(C)C)c1[N+](=O)[O-]. The first-order valence-corrected chi connectivity index (χ1v) is 6.50. The first-order valence-electron chi connectivity index (χ1n) is 6.50. The monoisotopic (exact) mass is 294 g/mol. The quantitative estimate of drug-likeness (QED) is 0.616. The summed E-state index contributed by atoms with van der Waals surface area (Å²) < 4.78 is 0. The molecule has 114 valence electrons. The molecule has 0 saturated carbocycles. The van der Waals surface area contributed by atoms with Crippen LogP contribution in [0.4, 0.5) is 5.69 Å². The number of aliphatic carboxylic acids is 1. The second kappa shape index (κ2) is 6.83. The summed E-state index contributed by atoms with van der Waals surface area (Å²) >= 11 is 0. The Morgan fingerprint density at radius 3 is 2.48 bits per heavy atom. The van der Waals surface area contributed by atoms with Crippen LogP contribution in [-0.2, 0) is 4.79 Å². The van der Waals surface area contributed by atoms with Gasteiger partial charge in [0.2, 0.25) is 0 Å². The van der Waals surface area contributed by atoms with E-state index < -0.39 is 22.7 Å². The van der Waals surface area contributed by atoms with Crippen LogP contribution in [0.25, 0.3) is 0 Å². The number of nitro benzene ring substituents is 1. The smallest absolute Gasteiger partial charge is 0.308 e. The molecule has 0 radical (unpaired) electrons. The van der Waals surface area contributed by atoms with Gasteiger partial charge in [0.15, 0.2) is 0 Å². The summed E-state index contributed by atoms with van der Waals surface area (Å²) in [6.45, 7) is 4.94. The number of nitrogens with one attached hydrogen (secondary N) is 1. The van der Waals surface area contributed by atoms with E-state index in [0.29, 0.717) is 5.56 Å². The van der Waals surface area contributed by atoms with Crippen molar-refractivity contribution in [3.63, 3.8) is 0 Å². The Hall–Kier alpha value is -2.44. The third kappa shape index (κ3) is 4.01. The summed E-state index contributed by atoms with van der Waals surface area (Å²) in [5.74, 6) is -2.55. The molecule has 1 aromatic carbocycles. The van der Waals surface area contributed by atoms with Crippen molar-refractivity contribution in [2.45, 2.75) is 20.8 Å². The molecule has 7 nitrogen and oxygen atoms in total. The third-order valence-electron chi connectivity index (χ3n) is 3.27. The van der Waals surface area contributed by atoms with Crippen LogP contribution in [0, 0.1) is 28.9 Å². The molecule has 0 bridgehead atoms. The summed E-state index contributed by atoms with van der Waals surface area (Å²) in [6, 6.07) is 4.45. The fraction of sp³-hybridized carbons (Fsp3) is 0.429. The van der Waals surface area contributed by atoms with E-state index in [1.54, 1.807) is 32.9 Å². The standard InChI is InChI=1S/C14H18N2O5/c1-8(2)11(14(18)19)7-15-13(17)10-6-4-5-9(3)12(10)16(20)21/h4-6,8,11H,7H2,1-3H3,(H,15,17)(H,18,19). The van der Waals surface area contributed by atoms with Crippen molar-refractivity contribution in [2.75, 3.05) is 6.54 Å². The number of para-hydroxylation sites is 1. The zero-order chi connectivity index (χ0) is 16.2. The predicted molar refractivity (Wildman–Crippen MR) is 76.1 cm³/mol. The molecular weight excluding hydrogens is 276 g/mol. The van der Waals surface area contributed by atoms with E-state index in [9.17, 15) is 19.7 Å². The summed E-state index contributed by atoms with van der Waals surface area (Å²) in [4.78, 5) is 33.5. The summed E-state index contributed by atoms with van der Waals surface area (Å²) in [7, 11) is 0. The van der Waals surface area contributed by atoms with E-state index in [0.717, 1.165) is 0 Å². The normalized spacial score (nSPS) is 12.0. The van der Waals surface area contributed by atoms with E-state index in [1.165, 1.54) is 6.07 Å². The maximum absolute atomic E-state index is 12.1. The van der Waals surface area contributed by atoms with Crippen LogP contribution >= 0.6 is 0 Å². The number of nitrogens with zero attached hydrogens (tertiary/aromatic N) is 1. The number of hydrogen-bond donors (Lipinski definition) is 2. The Morgan fingerprint density at radius 2 is 2.00 bits per heavy atom. The van der Waals surface area contributed by atoms with Crippen molar-refractivity contribution in [3.05, 3.63) is 39.4 Å². The average molecular weight is 294 g/mol. The molecule has 1 atom stereocenters. The molecule has 2 N–H and O–H groups in total. The molecule has 7 heteroatoms. The van der Waals surface area contributed by atoms with Crippen LogP contribution in [-0.4, -0.2) is 28.5 Å². The van der Waals surface area contributed by atoms with Crippen LogP contribution in [0.15, 0.2) is 18.2 Å². The van der Waals surface area contributed by atoms with E-state index in [4.69, 9.17) is 5.11 Å². The molecule has 0 heterocycles. The van der Waals surface area contributed by atoms with E-state index in [-0.39, 0.29) is 23.7 Å². The number of carbonyl (C=O) groups excluding carboxylic acids is 1. The number of carboxylic acids is 1. The number of aryl methyl sites for hydroxylation is 1. The Labute approximate surface area is 122 Å². The zero-order valence-corrected chi connectivity index (χ0v) is 12.1. The van der Waals surface area contributed by atoms with Gasteiger partial charge in [0.25, 0.3) is 11.6 Å². The van der Waals surface area contributed by atoms with Gasteiger partial charge in [-0.15, -0.1) is 0 Å². The Morgan fingerprint density at radius 1 is 1.38 bits per heavy atom. The minimum atomic E-state index is -1.01. The van der Waals surface area contributed by atoms with Gasteiger partial charge in [-0.2, -0.15) is 0 Å². The summed E-state index contributed by atoms with van der Waals surface area (Å²) in [6.07, 6.45) is 0. The second-order valence-corrected chi connectivity index (χ2v) is 5.13. The maximum atomic E-state index is 12.1. The largest absolute Gasteiger partial charge is 0.481 e. The zero-order valence-electron chi connectivity index (χ0n) is 12.1. The molecule has 0 aromatic heterocycles. The van der Waals surface area contributed by atoms with Crippen LogP contribution in [0.5, 0.6) is 0 Å². The van der Waals surface area contributed by atoms with E-state index in [1.807, 2.05) is 0 Å². The Kier molecular flexibility index (Phi) is 5.40. The fourth-order valence-electron chi connectivity index (χ4n) is 1.99. The molecule has 0 aliphatic rings. The van der Waals surface area contributed by atoms with Gasteiger partial charge in [-0.05, 0) is 18.9 Å². The highest BCUT2D eigenvalue weighted by Gasteiger charge is 2.25. The molecule has 0 aliphatic heterocycles. The molecular formula is C14H18N2O5. The minimum absolute atomic E-state index is 0.0621. The van der Waals surface area contributed by atoms with E-state index >= 15 is 0 Å². The molecule has 0 fully saturated rings. The van der Waals surface area contributed by atoms with Gasteiger partial charge in [-0.3, -0.25) is 19.7 Å². The summed E-state index contributed by atoms with van der Waals surface area (Å²) in [5, 5.41) is 22.5. The molecule has 21 heavy (non-hydrogen) atoms. The minimum Gasteiger partial charge on any atom is -0.481 e. The molecule has 0 spiro atoms. The van der Waals surface area contributed by atoms with Crippen molar-refractivity contribution in [3.8, 4) is 0 Å². The maximum Gasteiger partial charge on any atom is 0.308 e. The number of carbonyl (C=O) groups is 2. The van der Waals surface area contributed by atoms with Crippen LogP contribution in [0.3, 0.4) is 0 Å². The first kappa shape index (κ1) is 16.6. The van der Waals surface area contributed by atoms with Crippen LogP contribution < -0.4 is 5.32 Å². The number of carboxylic acid groups (broad SMARTS) is 1. The lowest BCUT2D eigenvalue weighted by atomic mass is 9.96. The lowest BCUT2D eigenvalue weighted by molar-refractivity contribution is -0.385.